The maximum atomic E-state index is 14.2. The topological polar surface area (TPSA) is 84.9 Å². The molecule has 1 aliphatic heterocycles. The summed E-state index contributed by atoms with van der Waals surface area (Å²) in [5, 5.41) is 14.6. The zero-order chi connectivity index (χ0) is 25.9. The number of rotatable bonds is 9. The van der Waals surface area contributed by atoms with Gasteiger partial charge in [-0.05, 0) is 48.4 Å². The molecule has 2 N–H and O–H groups in total. The molecule has 1 heterocycles. The van der Waals surface area contributed by atoms with Crippen LogP contribution in [0.3, 0.4) is 0 Å². The Morgan fingerprint density at radius 3 is 2.69 bits per heavy atom. The fraction of sp³-hybridized carbons (Fsp3) is 0.379. The molecule has 2 aromatic rings. The minimum atomic E-state index is -1.84. The molecule has 3 unspecified atom stereocenters. The number of benzene rings is 2. The maximum absolute atomic E-state index is 14.2. The number of methoxy groups -OCH3 is 1. The van der Waals surface area contributed by atoms with Crippen LogP contribution < -0.4 is 10.1 Å². The minimum Gasteiger partial charge on any atom is -0.500 e. The molecule has 4 rings (SSSR count). The van der Waals surface area contributed by atoms with Crippen LogP contribution in [0.5, 0.6) is 5.75 Å². The molecule has 190 valence electrons. The van der Waals surface area contributed by atoms with Crippen LogP contribution in [-0.2, 0) is 26.2 Å². The quantitative estimate of drug-likeness (QED) is 0.551. The van der Waals surface area contributed by atoms with Crippen LogP contribution in [-0.4, -0.2) is 42.2 Å². The van der Waals surface area contributed by atoms with Crippen molar-refractivity contribution < 1.29 is 28.6 Å². The number of amides is 1. The first-order valence-electron chi connectivity index (χ1n) is 12.1. The van der Waals surface area contributed by atoms with Crippen molar-refractivity contribution in [3.05, 3.63) is 89.5 Å². The van der Waals surface area contributed by atoms with Crippen LogP contribution in [0.15, 0.2) is 72.5 Å². The van der Waals surface area contributed by atoms with E-state index >= 15 is 0 Å². The monoisotopic (exact) mass is 493 g/mol. The van der Waals surface area contributed by atoms with Gasteiger partial charge in [-0.3, -0.25) is 9.59 Å². The Hall–Kier alpha value is -3.45. The smallest absolute Gasteiger partial charge is 0.252 e. The Bertz CT molecular complexity index is 1190. The molecule has 7 heteroatoms. The van der Waals surface area contributed by atoms with Crippen molar-refractivity contribution in [2.75, 3.05) is 13.7 Å². The van der Waals surface area contributed by atoms with Crippen LogP contribution in [0.4, 0.5) is 4.39 Å². The maximum Gasteiger partial charge on any atom is 0.252 e. The molecule has 6 nitrogen and oxygen atoms in total. The van der Waals surface area contributed by atoms with Crippen molar-refractivity contribution in [1.82, 2.24) is 5.32 Å². The number of fused-ring (bicyclic) bond motifs is 1. The Morgan fingerprint density at radius 2 is 1.97 bits per heavy atom. The summed E-state index contributed by atoms with van der Waals surface area (Å²) in [5.41, 5.74) is -0.381. The number of allylic oxidation sites excluding steroid dienone is 1. The second kappa shape index (κ2) is 10.3. The van der Waals surface area contributed by atoms with E-state index in [1.807, 2.05) is 44.2 Å². The number of nitrogens with one attached hydrogen (secondary N) is 1. The van der Waals surface area contributed by atoms with E-state index in [0.717, 1.165) is 11.1 Å². The number of hydrogen-bond acceptors (Lipinski definition) is 5. The molecule has 0 radical (unpaired) electrons. The van der Waals surface area contributed by atoms with E-state index in [1.165, 1.54) is 25.3 Å². The van der Waals surface area contributed by atoms with Gasteiger partial charge < -0.3 is 19.9 Å². The van der Waals surface area contributed by atoms with Crippen LogP contribution in [0.2, 0.25) is 0 Å². The second-order valence-electron chi connectivity index (χ2n) is 10.1. The molecule has 3 atom stereocenters. The first-order valence-corrected chi connectivity index (χ1v) is 12.1. The Morgan fingerprint density at radius 1 is 1.22 bits per heavy atom. The normalized spacial score (nSPS) is 20.7. The third-order valence-corrected chi connectivity index (χ3v) is 7.02. The predicted octanol–water partition coefficient (Wildman–Crippen LogP) is 4.02. The number of carbonyl (C=O) groups is 2. The first kappa shape index (κ1) is 25.6. The average molecular weight is 494 g/mol. The van der Waals surface area contributed by atoms with E-state index in [-0.39, 0.29) is 25.2 Å². The number of hydrogen-bond donors (Lipinski definition) is 2. The highest BCUT2D eigenvalue weighted by Crippen LogP contribution is 2.40. The minimum absolute atomic E-state index is 0.0131. The van der Waals surface area contributed by atoms with Gasteiger partial charge in [0.15, 0.2) is 5.78 Å². The van der Waals surface area contributed by atoms with Crippen LogP contribution in [0.25, 0.3) is 0 Å². The predicted molar refractivity (Wildman–Crippen MR) is 134 cm³/mol. The third kappa shape index (κ3) is 5.36. The van der Waals surface area contributed by atoms with Crippen molar-refractivity contribution in [3.63, 3.8) is 0 Å². The van der Waals surface area contributed by atoms with Crippen LogP contribution in [0, 0.1) is 11.7 Å². The fourth-order valence-corrected chi connectivity index (χ4v) is 5.05. The van der Waals surface area contributed by atoms with E-state index in [9.17, 15) is 19.1 Å². The lowest BCUT2D eigenvalue weighted by atomic mass is 9.72. The molecule has 0 saturated heterocycles. The van der Waals surface area contributed by atoms with Gasteiger partial charge in [-0.25, -0.2) is 4.39 Å². The number of aliphatic hydroxyl groups is 1. The number of ether oxygens (including phenoxy) is 2. The van der Waals surface area contributed by atoms with E-state index in [1.54, 1.807) is 18.4 Å². The highest BCUT2D eigenvalue weighted by molar-refractivity contribution is 5.97. The molecule has 1 amide bonds. The van der Waals surface area contributed by atoms with E-state index < -0.39 is 34.7 Å². The second-order valence-corrected chi connectivity index (χ2v) is 10.1. The zero-order valence-electron chi connectivity index (χ0n) is 20.8. The Balaban J connectivity index is 1.61. The molecule has 0 bridgehead atoms. The number of carbonyl (C=O) groups excluding carboxylic acids is 2. The van der Waals surface area contributed by atoms with Crippen LogP contribution in [0.1, 0.15) is 37.8 Å². The Labute approximate surface area is 210 Å². The Kier molecular flexibility index (Phi) is 7.31. The van der Waals surface area contributed by atoms with Gasteiger partial charge in [0.05, 0.1) is 19.3 Å². The molecule has 2 aromatic carbocycles. The lowest BCUT2D eigenvalue weighted by Gasteiger charge is -2.37. The molecule has 1 aliphatic carbocycles. The molecule has 0 saturated carbocycles. The van der Waals surface area contributed by atoms with Gasteiger partial charge >= 0.3 is 0 Å². The van der Waals surface area contributed by atoms with Crippen molar-refractivity contribution in [2.45, 2.75) is 50.2 Å². The number of ketones is 1. The van der Waals surface area contributed by atoms with Gasteiger partial charge in [0.1, 0.15) is 29.8 Å². The van der Waals surface area contributed by atoms with Crippen molar-refractivity contribution in [1.29, 1.82) is 0 Å². The van der Waals surface area contributed by atoms with E-state index in [0.29, 0.717) is 17.7 Å². The van der Waals surface area contributed by atoms with Gasteiger partial charge in [-0.1, -0.05) is 56.3 Å². The van der Waals surface area contributed by atoms with Crippen molar-refractivity contribution in [2.24, 2.45) is 5.92 Å². The summed E-state index contributed by atoms with van der Waals surface area (Å²) in [4.78, 5) is 26.6. The number of Topliss-reactive ketones (excluding diaryl/α,β-unsaturated/α-hetero) is 1. The summed E-state index contributed by atoms with van der Waals surface area (Å²) in [7, 11) is 1.50. The summed E-state index contributed by atoms with van der Waals surface area (Å²) in [5.74, 6) is -1.21. The molecule has 0 fully saturated rings. The molecular formula is C29H32FNO5. The number of halogens is 1. The highest BCUT2D eigenvalue weighted by atomic mass is 19.1. The van der Waals surface area contributed by atoms with Crippen LogP contribution >= 0.6 is 0 Å². The molecule has 0 spiro atoms. The van der Waals surface area contributed by atoms with Gasteiger partial charge in [-0.15, -0.1) is 0 Å². The number of aryl methyl sites for hydroxylation is 1. The summed E-state index contributed by atoms with van der Waals surface area (Å²) >= 11 is 0. The van der Waals surface area contributed by atoms with Gasteiger partial charge in [-0.2, -0.15) is 0 Å². The third-order valence-electron chi connectivity index (χ3n) is 7.02. The summed E-state index contributed by atoms with van der Waals surface area (Å²) in [6.07, 6.45) is 5.50. The summed E-state index contributed by atoms with van der Waals surface area (Å²) in [6.45, 7) is 3.92. The average Bonchev–Trinajstić information content (AvgIpc) is 3.34. The van der Waals surface area contributed by atoms with Crippen molar-refractivity contribution >= 4 is 11.7 Å². The first-order chi connectivity index (χ1) is 17.1. The largest absolute Gasteiger partial charge is 0.500 e. The standard InChI is InChI=1S/C29H32FNO5/c1-28(2,23-15-21(30)10-12-25(23)35-3)18-29(34,14-13-19-7-5-4-6-8-19)27(33)31-24-11-9-20-16-36-17-22(20)26(24)32/h4-12,15-16,22,24,34H,13-14,17-18H2,1-3H3,(H,31,33). The molecule has 0 aromatic heterocycles. The summed E-state index contributed by atoms with van der Waals surface area (Å²) in [6, 6.07) is 12.9. The lowest BCUT2D eigenvalue weighted by Crippen LogP contribution is -2.55. The lowest BCUT2D eigenvalue weighted by molar-refractivity contribution is -0.145. The van der Waals surface area contributed by atoms with E-state index in [4.69, 9.17) is 9.47 Å². The van der Waals surface area contributed by atoms with Gasteiger partial charge in [0.2, 0.25) is 0 Å². The SMILES string of the molecule is COc1ccc(F)cc1C(C)(C)CC(O)(CCc1ccccc1)C(=O)NC1C=CC2=COCC2C1=O. The summed E-state index contributed by atoms with van der Waals surface area (Å²) < 4.78 is 24.9. The van der Waals surface area contributed by atoms with Gasteiger partial charge in [0.25, 0.3) is 5.91 Å². The van der Waals surface area contributed by atoms with Crippen molar-refractivity contribution in [3.8, 4) is 5.75 Å². The van der Waals surface area contributed by atoms with E-state index in [2.05, 4.69) is 5.32 Å². The van der Waals surface area contributed by atoms with Gasteiger partial charge in [0, 0.05) is 11.1 Å². The highest BCUT2D eigenvalue weighted by Gasteiger charge is 2.44. The molecule has 36 heavy (non-hydrogen) atoms. The fourth-order valence-electron chi connectivity index (χ4n) is 5.05. The zero-order valence-corrected chi connectivity index (χ0v) is 20.8. The molecule has 2 aliphatic rings. The molecular weight excluding hydrogens is 461 g/mol.